The molecule has 0 aliphatic carbocycles. The van der Waals surface area contributed by atoms with Gasteiger partial charge in [0, 0.05) is 18.0 Å². The van der Waals surface area contributed by atoms with Gasteiger partial charge in [-0.15, -0.1) is 5.10 Å². The summed E-state index contributed by atoms with van der Waals surface area (Å²) in [6.45, 7) is 5.55. The van der Waals surface area contributed by atoms with E-state index in [2.05, 4.69) is 20.2 Å². The second kappa shape index (κ2) is 5.66. The predicted octanol–water partition coefficient (Wildman–Crippen LogP) is 0.266. The number of carbonyl (C=O) groups excluding carboxylic acids is 1. The van der Waals surface area contributed by atoms with Gasteiger partial charge in [0.1, 0.15) is 0 Å². The molecule has 0 saturated carbocycles. The zero-order chi connectivity index (χ0) is 10.4. The number of hydrogen-bond donors (Lipinski definition) is 2. The normalized spacial score (nSPS) is 12.4. The van der Waals surface area contributed by atoms with Crippen LogP contribution >= 0.6 is 11.5 Å². The van der Waals surface area contributed by atoms with Crippen LogP contribution in [0, 0.1) is 0 Å². The maximum absolute atomic E-state index is 11.4. The van der Waals surface area contributed by atoms with Crippen molar-refractivity contribution in [3.05, 3.63) is 11.1 Å². The number of likely N-dealkylation sites (N-methyl/N-ethyl adjacent to an activating group) is 1. The van der Waals surface area contributed by atoms with Crippen LogP contribution in [-0.4, -0.2) is 34.6 Å². The van der Waals surface area contributed by atoms with Crippen LogP contribution < -0.4 is 10.6 Å². The molecule has 0 bridgehead atoms. The van der Waals surface area contributed by atoms with E-state index in [9.17, 15) is 4.79 Å². The van der Waals surface area contributed by atoms with Crippen LogP contribution in [0.25, 0.3) is 0 Å². The van der Waals surface area contributed by atoms with Gasteiger partial charge in [0.25, 0.3) is 5.91 Å². The topological polar surface area (TPSA) is 66.9 Å². The maximum atomic E-state index is 11.4. The van der Waals surface area contributed by atoms with Gasteiger partial charge in [-0.3, -0.25) is 4.79 Å². The molecule has 0 radical (unpaired) electrons. The van der Waals surface area contributed by atoms with Crippen LogP contribution in [0.3, 0.4) is 0 Å². The van der Waals surface area contributed by atoms with Gasteiger partial charge in [0.05, 0.1) is 0 Å². The molecule has 1 rings (SSSR count). The summed E-state index contributed by atoms with van der Waals surface area (Å²) in [7, 11) is 0. The van der Waals surface area contributed by atoms with E-state index in [0.717, 1.165) is 6.54 Å². The van der Waals surface area contributed by atoms with Gasteiger partial charge < -0.3 is 10.6 Å². The molecule has 2 N–H and O–H groups in total. The van der Waals surface area contributed by atoms with Crippen molar-refractivity contribution >= 4 is 17.4 Å². The molecule has 1 heterocycles. The predicted molar refractivity (Wildman–Crippen MR) is 55.4 cm³/mol. The fourth-order valence-electron chi connectivity index (χ4n) is 1.02. The molecule has 1 aromatic heterocycles. The highest BCUT2D eigenvalue weighted by molar-refractivity contribution is 7.03. The molecule has 0 fully saturated rings. The number of amides is 1. The Morgan fingerprint density at radius 3 is 3.07 bits per heavy atom. The molecule has 1 atom stereocenters. The molecule has 6 heteroatoms. The standard InChI is InChI=1S/C8H14N4OS/c1-3-9-6(2)4-10-8(13)7-5-14-12-11-7/h5-6,9H,3-4H2,1-2H3,(H,10,13)/t6-/m1/s1. The largest absolute Gasteiger partial charge is 0.349 e. The first-order chi connectivity index (χ1) is 6.74. The van der Waals surface area contributed by atoms with E-state index >= 15 is 0 Å². The number of nitrogens with zero attached hydrogens (tertiary/aromatic N) is 2. The molecule has 0 aliphatic heterocycles. The second-order valence-electron chi connectivity index (χ2n) is 2.96. The Bertz CT molecular complexity index is 275. The molecular formula is C8H14N4OS. The quantitative estimate of drug-likeness (QED) is 0.738. The lowest BCUT2D eigenvalue weighted by atomic mass is 10.3. The Labute approximate surface area is 87.1 Å². The third kappa shape index (κ3) is 3.39. The minimum absolute atomic E-state index is 0.163. The van der Waals surface area contributed by atoms with E-state index < -0.39 is 0 Å². The first-order valence-corrected chi connectivity index (χ1v) is 5.36. The molecule has 0 aliphatic rings. The highest BCUT2D eigenvalue weighted by Gasteiger charge is 2.09. The molecular weight excluding hydrogens is 200 g/mol. The summed E-state index contributed by atoms with van der Waals surface area (Å²) >= 11 is 1.17. The Morgan fingerprint density at radius 1 is 1.71 bits per heavy atom. The lowest BCUT2D eigenvalue weighted by Gasteiger charge is -2.12. The van der Waals surface area contributed by atoms with E-state index in [1.165, 1.54) is 11.5 Å². The fourth-order valence-corrected chi connectivity index (χ4v) is 1.46. The van der Waals surface area contributed by atoms with Crippen LogP contribution in [0.2, 0.25) is 0 Å². The van der Waals surface area contributed by atoms with Crippen LogP contribution in [0.1, 0.15) is 24.3 Å². The van der Waals surface area contributed by atoms with Crippen molar-refractivity contribution in [1.29, 1.82) is 0 Å². The monoisotopic (exact) mass is 214 g/mol. The molecule has 0 unspecified atom stereocenters. The first kappa shape index (κ1) is 11.1. The van der Waals surface area contributed by atoms with Crippen molar-refractivity contribution in [2.45, 2.75) is 19.9 Å². The molecule has 1 amide bonds. The summed E-state index contributed by atoms with van der Waals surface area (Å²) in [5.41, 5.74) is 0.388. The van der Waals surface area contributed by atoms with Crippen LogP contribution in [-0.2, 0) is 0 Å². The van der Waals surface area contributed by atoms with Crippen molar-refractivity contribution in [2.75, 3.05) is 13.1 Å². The first-order valence-electron chi connectivity index (χ1n) is 4.52. The molecule has 0 saturated heterocycles. The molecule has 0 aromatic carbocycles. The average Bonchev–Trinajstić information content (AvgIpc) is 2.67. The summed E-state index contributed by atoms with van der Waals surface area (Å²) in [5, 5.41) is 11.3. The summed E-state index contributed by atoms with van der Waals surface area (Å²) in [5.74, 6) is -0.163. The summed E-state index contributed by atoms with van der Waals surface area (Å²) < 4.78 is 3.62. The number of hydrogen-bond acceptors (Lipinski definition) is 5. The van der Waals surface area contributed by atoms with Crippen molar-refractivity contribution in [2.24, 2.45) is 0 Å². The van der Waals surface area contributed by atoms with Gasteiger partial charge in [-0.2, -0.15) is 0 Å². The van der Waals surface area contributed by atoms with Gasteiger partial charge in [0.2, 0.25) is 0 Å². The Kier molecular flexibility index (Phi) is 4.48. The highest BCUT2D eigenvalue weighted by atomic mass is 32.1. The third-order valence-corrected chi connectivity index (χ3v) is 2.22. The van der Waals surface area contributed by atoms with E-state index in [0.29, 0.717) is 12.2 Å². The van der Waals surface area contributed by atoms with E-state index in [1.54, 1.807) is 5.38 Å². The van der Waals surface area contributed by atoms with Crippen molar-refractivity contribution in [3.8, 4) is 0 Å². The van der Waals surface area contributed by atoms with Gasteiger partial charge in [-0.05, 0) is 25.0 Å². The van der Waals surface area contributed by atoms with E-state index in [-0.39, 0.29) is 11.9 Å². The smallest absolute Gasteiger partial charge is 0.272 e. The zero-order valence-corrected chi connectivity index (χ0v) is 9.10. The lowest BCUT2D eigenvalue weighted by molar-refractivity contribution is 0.0945. The lowest BCUT2D eigenvalue weighted by Crippen LogP contribution is -2.38. The highest BCUT2D eigenvalue weighted by Crippen LogP contribution is 1.95. The van der Waals surface area contributed by atoms with E-state index in [4.69, 9.17) is 0 Å². The van der Waals surface area contributed by atoms with Gasteiger partial charge in [0.15, 0.2) is 5.69 Å². The maximum Gasteiger partial charge on any atom is 0.272 e. The summed E-state index contributed by atoms with van der Waals surface area (Å²) in [4.78, 5) is 11.4. The van der Waals surface area contributed by atoms with Gasteiger partial charge in [-0.1, -0.05) is 11.4 Å². The molecule has 78 valence electrons. The van der Waals surface area contributed by atoms with Crippen molar-refractivity contribution < 1.29 is 4.79 Å². The minimum Gasteiger partial charge on any atom is -0.349 e. The van der Waals surface area contributed by atoms with Crippen molar-refractivity contribution in [3.63, 3.8) is 0 Å². The molecule has 5 nitrogen and oxygen atoms in total. The Morgan fingerprint density at radius 2 is 2.50 bits per heavy atom. The van der Waals surface area contributed by atoms with Crippen LogP contribution in [0.15, 0.2) is 5.38 Å². The van der Waals surface area contributed by atoms with Crippen molar-refractivity contribution in [1.82, 2.24) is 20.2 Å². The van der Waals surface area contributed by atoms with Crippen LogP contribution in [0.4, 0.5) is 0 Å². The Balaban J connectivity index is 2.28. The number of aromatic nitrogens is 2. The fraction of sp³-hybridized carbons (Fsp3) is 0.625. The minimum atomic E-state index is -0.163. The zero-order valence-electron chi connectivity index (χ0n) is 8.28. The Hall–Kier alpha value is -1.01. The second-order valence-corrected chi connectivity index (χ2v) is 3.57. The number of rotatable bonds is 5. The molecule has 0 spiro atoms. The molecule has 14 heavy (non-hydrogen) atoms. The van der Waals surface area contributed by atoms with E-state index in [1.807, 2.05) is 13.8 Å². The summed E-state index contributed by atoms with van der Waals surface area (Å²) in [6, 6.07) is 0.274. The summed E-state index contributed by atoms with van der Waals surface area (Å²) in [6.07, 6.45) is 0. The SMILES string of the molecule is CCN[C@H](C)CNC(=O)c1csnn1. The number of nitrogens with one attached hydrogen (secondary N) is 2. The molecule has 1 aromatic rings. The van der Waals surface area contributed by atoms with Gasteiger partial charge in [-0.25, -0.2) is 0 Å². The van der Waals surface area contributed by atoms with Gasteiger partial charge >= 0.3 is 0 Å². The average molecular weight is 214 g/mol. The third-order valence-electron chi connectivity index (χ3n) is 1.71. The number of carbonyl (C=O) groups is 1. The van der Waals surface area contributed by atoms with Crippen LogP contribution in [0.5, 0.6) is 0 Å².